The van der Waals surface area contributed by atoms with Crippen molar-refractivity contribution in [3.63, 3.8) is 0 Å². The highest BCUT2D eigenvalue weighted by Gasteiger charge is 2.40. The molecule has 0 radical (unpaired) electrons. The van der Waals surface area contributed by atoms with Crippen LogP contribution < -0.4 is 0 Å². The average molecular weight is 244 g/mol. The van der Waals surface area contributed by atoms with E-state index < -0.39 is 11.8 Å². The van der Waals surface area contributed by atoms with E-state index in [-0.39, 0.29) is 25.2 Å². The van der Waals surface area contributed by atoms with E-state index in [4.69, 9.17) is 5.26 Å². The number of halogens is 2. The standard InChI is InChI=1S/C12H18F2N2O/c1-2-16(8-4-7-15)11(17)10-5-3-6-12(13,14)9-10/h10H,2-6,8-9H2,1H3. The Labute approximate surface area is 100 Å². The lowest BCUT2D eigenvalue weighted by atomic mass is 9.85. The lowest BCUT2D eigenvalue weighted by molar-refractivity contribution is -0.142. The van der Waals surface area contributed by atoms with Crippen LogP contribution in [0.15, 0.2) is 0 Å². The molecule has 17 heavy (non-hydrogen) atoms. The molecule has 1 amide bonds. The Hall–Kier alpha value is -1.18. The second kappa shape index (κ2) is 5.95. The van der Waals surface area contributed by atoms with Gasteiger partial charge in [0, 0.05) is 31.8 Å². The Morgan fingerprint density at radius 2 is 2.29 bits per heavy atom. The lowest BCUT2D eigenvalue weighted by Crippen LogP contribution is -2.40. The highest BCUT2D eigenvalue weighted by atomic mass is 19.3. The van der Waals surface area contributed by atoms with Crippen LogP contribution in [0.5, 0.6) is 0 Å². The van der Waals surface area contributed by atoms with Crippen LogP contribution in [-0.2, 0) is 4.79 Å². The van der Waals surface area contributed by atoms with E-state index in [1.54, 1.807) is 6.92 Å². The molecule has 0 aromatic heterocycles. The number of nitrogens with zero attached hydrogens (tertiary/aromatic N) is 2. The predicted molar refractivity (Wildman–Crippen MR) is 59.4 cm³/mol. The summed E-state index contributed by atoms with van der Waals surface area (Å²) in [4.78, 5) is 13.5. The molecule has 0 bridgehead atoms. The van der Waals surface area contributed by atoms with E-state index in [1.165, 1.54) is 4.90 Å². The van der Waals surface area contributed by atoms with Crippen LogP contribution >= 0.6 is 0 Å². The minimum atomic E-state index is -2.70. The number of nitriles is 1. The molecule has 1 rings (SSSR count). The van der Waals surface area contributed by atoms with Gasteiger partial charge < -0.3 is 4.90 Å². The van der Waals surface area contributed by atoms with Crippen molar-refractivity contribution in [1.82, 2.24) is 4.90 Å². The maximum absolute atomic E-state index is 13.2. The molecule has 0 aromatic carbocycles. The fraction of sp³-hybridized carbons (Fsp3) is 0.833. The van der Waals surface area contributed by atoms with E-state index in [2.05, 4.69) is 0 Å². The van der Waals surface area contributed by atoms with E-state index in [9.17, 15) is 13.6 Å². The third kappa shape index (κ3) is 3.95. The van der Waals surface area contributed by atoms with Gasteiger partial charge in [0.05, 0.1) is 12.5 Å². The first kappa shape index (κ1) is 13.9. The van der Waals surface area contributed by atoms with Crippen LogP contribution in [0.3, 0.4) is 0 Å². The number of hydrogen-bond donors (Lipinski definition) is 0. The number of carbonyl (C=O) groups is 1. The number of hydrogen-bond acceptors (Lipinski definition) is 2. The van der Waals surface area contributed by atoms with E-state index in [1.807, 2.05) is 6.07 Å². The van der Waals surface area contributed by atoms with Crippen molar-refractivity contribution in [2.45, 2.75) is 45.0 Å². The lowest BCUT2D eigenvalue weighted by Gasteiger charge is -2.31. The summed E-state index contributed by atoms with van der Waals surface area (Å²) in [6, 6.07) is 1.96. The average Bonchev–Trinajstić information content (AvgIpc) is 2.28. The Balaban J connectivity index is 2.58. The minimum Gasteiger partial charge on any atom is -0.342 e. The molecular weight excluding hydrogens is 226 g/mol. The molecule has 1 aliphatic carbocycles. The number of alkyl halides is 2. The van der Waals surface area contributed by atoms with Crippen LogP contribution in [0.2, 0.25) is 0 Å². The Bertz CT molecular complexity index is 312. The summed E-state index contributed by atoms with van der Waals surface area (Å²) >= 11 is 0. The first-order valence-corrected chi connectivity index (χ1v) is 6.03. The van der Waals surface area contributed by atoms with Crippen LogP contribution in [0, 0.1) is 17.2 Å². The number of carbonyl (C=O) groups excluding carboxylic acids is 1. The van der Waals surface area contributed by atoms with Gasteiger partial charge in [0.2, 0.25) is 11.8 Å². The smallest absolute Gasteiger partial charge is 0.248 e. The molecule has 0 saturated heterocycles. The maximum atomic E-state index is 13.2. The zero-order chi connectivity index (χ0) is 12.9. The zero-order valence-electron chi connectivity index (χ0n) is 10.1. The highest BCUT2D eigenvalue weighted by Crippen LogP contribution is 2.37. The van der Waals surface area contributed by atoms with Gasteiger partial charge in [-0.1, -0.05) is 0 Å². The molecule has 1 atom stereocenters. The van der Waals surface area contributed by atoms with E-state index >= 15 is 0 Å². The largest absolute Gasteiger partial charge is 0.342 e. The number of rotatable bonds is 4. The first-order valence-electron chi connectivity index (χ1n) is 6.03. The van der Waals surface area contributed by atoms with Gasteiger partial charge in [0.15, 0.2) is 0 Å². The van der Waals surface area contributed by atoms with Crippen molar-refractivity contribution in [1.29, 1.82) is 5.26 Å². The minimum absolute atomic E-state index is 0.110. The molecular formula is C12H18F2N2O. The van der Waals surface area contributed by atoms with Crippen molar-refractivity contribution in [3.05, 3.63) is 0 Å². The number of amides is 1. The molecule has 0 aliphatic heterocycles. The van der Waals surface area contributed by atoms with Crippen molar-refractivity contribution in [3.8, 4) is 6.07 Å². The second-order valence-corrected chi connectivity index (χ2v) is 4.48. The molecule has 0 N–H and O–H groups in total. The normalized spacial score (nSPS) is 22.8. The molecule has 5 heteroatoms. The molecule has 0 spiro atoms. The molecule has 0 heterocycles. The monoisotopic (exact) mass is 244 g/mol. The molecule has 1 aliphatic rings. The SMILES string of the molecule is CCN(CCC#N)C(=O)C1CCCC(F)(F)C1. The fourth-order valence-corrected chi connectivity index (χ4v) is 2.25. The van der Waals surface area contributed by atoms with Crippen LogP contribution in [-0.4, -0.2) is 29.8 Å². The molecule has 0 aromatic rings. The Morgan fingerprint density at radius 3 is 2.82 bits per heavy atom. The van der Waals surface area contributed by atoms with Gasteiger partial charge in [0.1, 0.15) is 0 Å². The summed E-state index contributed by atoms with van der Waals surface area (Å²) < 4.78 is 26.4. The first-order chi connectivity index (χ1) is 8.00. The van der Waals surface area contributed by atoms with Crippen LogP contribution in [0.25, 0.3) is 0 Å². The topological polar surface area (TPSA) is 44.1 Å². The predicted octanol–water partition coefficient (Wildman–Crippen LogP) is 2.57. The van der Waals surface area contributed by atoms with Crippen LogP contribution in [0.4, 0.5) is 8.78 Å². The second-order valence-electron chi connectivity index (χ2n) is 4.48. The van der Waals surface area contributed by atoms with Gasteiger partial charge in [0.25, 0.3) is 0 Å². The fourth-order valence-electron chi connectivity index (χ4n) is 2.25. The van der Waals surface area contributed by atoms with Crippen molar-refractivity contribution in [2.75, 3.05) is 13.1 Å². The molecule has 1 unspecified atom stereocenters. The zero-order valence-corrected chi connectivity index (χ0v) is 10.1. The molecule has 3 nitrogen and oxygen atoms in total. The highest BCUT2D eigenvalue weighted by molar-refractivity contribution is 5.79. The third-order valence-corrected chi connectivity index (χ3v) is 3.18. The van der Waals surface area contributed by atoms with Gasteiger partial charge in [-0.3, -0.25) is 4.79 Å². The summed E-state index contributed by atoms with van der Waals surface area (Å²) in [7, 11) is 0. The summed E-state index contributed by atoms with van der Waals surface area (Å²) in [5.74, 6) is -3.49. The van der Waals surface area contributed by atoms with Crippen molar-refractivity contribution >= 4 is 5.91 Å². The third-order valence-electron chi connectivity index (χ3n) is 3.18. The molecule has 1 saturated carbocycles. The van der Waals surface area contributed by atoms with Crippen LogP contribution in [0.1, 0.15) is 39.0 Å². The Kier molecular flexibility index (Phi) is 4.86. The molecule has 1 fully saturated rings. The van der Waals surface area contributed by atoms with Gasteiger partial charge in [-0.15, -0.1) is 0 Å². The van der Waals surface area contributed by atoms with Crippen molar-refractivity contribution < 1.29 is 13.6 Å². The quantitative estimate of drug-likeness (QED) is 0.763. The van der Waals surface area contributed by atoms with Crippen molar-refractivity contribution in [2.24, 2.45) is 5.92 Å². The van der Waals surface area contributed by atoms with E-state index in [0.717, 1.165) is 0 Å². The summed E-state index contributed by atoms with van der Waals surface area (Å²) in [6.45, 7) is 2.62. The summed E-state index contributed by atoms with van der Waals surface area (Å²) in [5.41, 5.74) is 0. The van der Waals surface area contributed by atoms with Gasteiger partial charge >= 0.3 is 0 Å². The van der Waals surface area contributed by atoms with E-state index in [0.29, 0.717) is 25.9 Å². The Morgan fingerprint density at radius 1 is 1.59 bits per heavy atom. The summed E-state index contributed by atoms with van der Waals surface area (Å²) in [6.07, 6.45) is 0.745. The summed E-state index contributed by atoms with van der Waals surface area (Å²) in [5, 5.41) is 8.48. The van der Waals surface area contributed by atoms with Gasteiger partial charge in [-0.2, -0.15) is 5.26 Å². The van der Waals surface area contributed by atoms with Gasteiger partial charge in [-0.25, -0.2) is 8.78 Å². The molecule has 96 valence electrons. The maximum Gasteiger partial charge on any atom is 0.248 e. The van der Waals surface area contributed by atoms with Gasteiger partial charge in [-0.05, 0) is 19.8 Å².